The highest BCUT2D eigenvalue weighted by molar-refractivity contribution is 9.10. The minimum absolute atomic E-state index is 0.0219. The Morgan fingerprint density at radius 3 is 2.95 bits per heavy atom. The largest absolute Gasteiger partial charge is 0.356 e. The Morgan fingerprint density at radius 2 is 2.32 bits per heavy atom. The van der Waals surface area contributed by atoms with Crippen LogP contribution in [0.25, 0.3) is 0 Å². The van der Waals surface area contributed by atoms with Gasteiger partial charge in [0.15, 0.2) is 0 Å². The van der Waals surface area contributed by atoms with E-state index in [2.05, 4.69) is 26.6 Å². The maximum atomic E-state index is 13.5. The van der Waals surface area contributed by atoms with Gasteiger partial charge in [0, 0.05) is 16.9 Å². The van der Waals surface area contributed by atoms with E-state index < -0.39 is 0 Å². The number of hydrogen-bond acceptors (Lipinski definition) is 2. The molecule has 0 spiro atoms. The van der Waals surface area contributed by atoms with Crippen molar-refractivity contribution in [1.82, 2.24) is 10.6 Å². The van der Waals surface area contributed by atoms with E-state index in [-0.39, 0.29) is 17.6 Å². The lowest BCUT2D eigenvalue weighted by molar-refractivity contribution is -0.126. The highest BCUT2D eigenvalue weighted by Crippen LogP contribution is 2.17. The maximum Gasteiger partial charge on any atom is 0.223 e. The van der Waals surface area contributed by atoms with Crippen molar-refractivity contribution in [3.8, 4) is 0 Å². The molecule has 0 bridgehead atoms. The fraction of sp³-hybridized carbons (Fsp3) is 0.500. The summed E-state index contributed by atoms with van der Waals surface area (Å²) in [6.07, 6.45) is 0.507. The summed E-state index contributed by atoms with van der Waals surface area (Å²) >= 11 is 3.32. The summed E-state index contributed by atoms with van der Waals surface area (Å²) in [5.41, 5.74) is 0.618. The molecule has 1 aromatic rings. The average Bonchev–Trinajstić information content (AvgIpc) is 2.31. The molecule has 2 N–H and O–H groups in total. The Labute approximate surface area is 121 Å². The minimum Gasteiger partial charge on any atom is -0.356 e. The first-order valence-corrected chi connectivity index (χ1v) is 7.29. The zero-order valence-corrected chi connectivity index (χ0v) is 12.5. The monoisotopic (exact) mass is 328 g/mol. The smallest absolute Gasteiger partial charge is 0.223 e. The molecule has 1 fully saturated rings. The third-order valence-corrected chi connectivity index (χ3v) is 4.13. The summed E-state index contributed by atoms with van der Waals surface area (Å²) in [7, 11) is 0. The second kappa shape index (κ2) is 6.48. The van der Waals surface area contributed by atoms with Crippen LogP contribution in [-0.4, -0.2) is 25.5 Å². The van der Waals surface area contributed by atoms with Gasteiger partial charge < -0.3 is 10.6 Å². The van der Waals surface area contributed by atoms with Gasteiger partial charge >= 0.3 is 0 Å². The number of hydrogen-bond donors (Lipinski definition) is 2. The predicted molar refractivity (Wildman–Crippen MR) is 76.3 cm³/mol. The highest BCUT2D eigenvalue weighted by atomic mass is 79.9. The second-order valence-electron chi connectivity index (χ2n) is 4.98. The summed E-state index contributed by atoms with van der Waals surface area (Å²) in [5, 5.41) is 6.04. The van der Waals surface area contributed by atoms with Crippen molar-refractivity contribution in [2.45, 2.75) is 13.3 Å². The lowest BCUT2D eigenvalue weighted by Crippen LogP contribution is -2.49. The summed E-state index contributed by atoms with van der Waals surface area (Å²) in [6, 6.07) is 4.85. The second-order valence-corrected chi connectivity index (χ2v) is 5.90. The lowest BCUT2D eigenvalue weighted by atomic mass is 9.88. The lowest BCUT2D eigenvalue weighted by Gasteiger charge is -2.31. The molecule has 1 atom stereocenters. The Bertz CT molecular complexity index is 463. The number of amides is 1. The molecule has 1 amide bonds. The first kappa shape index (κ1) is 14.5. The molecule has 104 valence electrons. The SMILES string of the molecule is CC(C(=O)NCCc1cc(Br)ccc1F)C1CNC1. The zero-order chi connectivity index (χ0) is 13.8. The molecule has 5 heteroatoms. The first-order valence-electron chi connectivity index (χ1n) is 6.50. The summed E-state index contributed by atoms with van der Waals surface area (Å²) < 4.78 is 14.4. The van der Waals surface area contributed by atoms with E-state index in [1.54, 1.807) is 12.1 Å². The van der Waals surface area contributed by atoms with Crippen LogP contribution in [0.3, 0.4) is 0 Å². The number of halogens is 2. The van der Waals surface area contributed by atoms with E-state index in [0.29, 0.717) is 24.4 Å². The molecule has 1 aliphatic rings. The Kier molecular flexibility index (Phi) is 4.93. The molecule has 1 heterocycles. The topological polar surface area (TPSA) is 41.1 Å². The molecule has 0 radical (unpaired) electrons. The van der Waals surface area contributed by atoms with E-state index in [9.17, 15) is 9.18 Å². The Morgan fingerprint density at radius 1 is 1.58 bits per heavy atom. The van der Waals surface area contributed by atoms with Crippen LogP contribution in [0.2, 0.25) is 0 Å². The number of nitrogens with one attached hydrogen (secondary N) is 2. The van der Waals surface area contributed by atoms with Gasteiger partial charge in [-0.05, 0) is 49.2 Å². The van der Waals surface area contributed by atoms with Crippen LogP contribution >= 0.6 is 15.9 Å². The highest BCUT2D eigenvalue weighted by Gasteiger charge is 2.28. The number of rotatable bonds is 5. The van der Waals surface area contributed by atoms with E-state index in [0.717, 1.165) is 17.6 Å². The molecule has 1 saturated heterocycles. The fourth-order valence-corrected chi connectivity index (χ4v) is 2.50. The van der Waals surface area contributed by atoms with Gasteiger partial charge in [0.25, 0.3) is 0 Å². The molecule has 0 aliphatic carbocycles. The molecule has 0 saturated carbocycles. The molecule has 1 aromatic carbocycles. The maximum absolute atomic E-state index is 13.5. The number of carbonyl (C=O) groups excluding carboxylic acids is 1. The van der Waals surface area contributed by atoms with Crippen LogP contribution in [0.15, 0.2) is 22.7 Å². The van der Waals surface area contributed by atoms with Gasteiger partial charge in [-0.2, -0.15) is 0 Å². The van der Waals surface area contributed by atoms with Crippen molar-refractivity contribution in [1.29, 1.82) is 0 Å². The zero-order valence-electron chi connectivity index (χ0n) is 10.9. The molecule has 0 aromatic heterocycles. The third-order valence-electron chi connectivity index (χ3n) is 3.64. The molecular weight excluding hydrogens is 311 g/mol. The van der Waals surface area contributed by atoms with Crippen molar-refractivity contribution < 1.29 is 9.18 Å². The van der Waals surface area contributed by atoms with E-state index in [1.165, 1.54) is 6.07 Å². The van der Waals surface area contributed by atoms with Crippen molar-refractivity contribution in [3.05, 3.63) is 34.1 Å². The predicted octanol–water partition coefficient (Wildman–Crippen LogP) is 2.10. The van der Waals surface area contributed by atoms with Gasteiger partial charge in [0.2, 0.25) is 5.91 Å². The van der Waals surface area contributed by atoms with Crippen LogP contribution in [0.4, 0.5) is 4.39 Å². The van der Waals surface area contributed by atoms with Crippen LogP contribution < -0.4 is 10.6 Å². The van der Waals surface area contributed by atoms with Crippen molar-refractivity contribution in [2.75, 3.05) is 19.6 Å². The van der Waals surface area contributed by atoms with Gasteiger partial charge in [-0.15, -0.1) is 0 Å². The minimum atomic E-state index is -0.228. The van der Waals surface area contributed by atoms with Crippen LogP contribution in [0.1, 0.15) is 12.5 Å². The molecule has 2 rings (SSSR count). The fourth-order valence-electron chi connectivity index (χ4n) is 2.09. The van der Waals surface area contributed by atoms with Crippen molar-refractivity contribution >= 4 is 21.8 Å². The van der Waals surface area contributed by atoms with E-state index >= 15 is 0 Å². The third kappa shape index (κ3) is 3.76. The molecular formula is C14H18BrFN2O. The Hall–Kier alpha value is -0.940. The molecule has 1 aliphatic heterocycles. The van der Waals surface area contributed by atoms with Crippen LogP contribution in [0, 0.1) is 17.7 Å². The first-order chi connectivity index (χ1) is 9.08. The van der Waals surface area contributed by atoms with Crippen molar-refractivity contribution in [2.24, 2.45) is 11.8 Å². The molecule has 3 nitrogen and oxygen atoms in total. The summed E-state index contributed by atoms with van der Waals surface area (Å²) in [5.74, 6) is 0.284. The number of benzene rings is 1. The summed E-state index contributed by atoms with van der Waals surface area (Å²) in [6.45, 7) is 4.24. The van der Waals surface area contributed by atoms with Gasteiger partial charge in [-0.3, -0.25) is 4.79 Å². The van der Waals surface area contributed by atoms with E-state index in [4.69, 9.17) is 0 Å². The van der Waals surface area contributed by atoms with Gasteiger partial charge in [0.1, 0.15) is 5.82 Å². The van der Waals surface area contributed by atoms with Gasteiger partial charge in [-0.25, -0.2) is 4.39 Å². The summed E-state index contributed by atoms with van der Waals surface area (Å²) in [4.78, 5) is 11.9. The van der Waals surface area contributed by atoms with Gasteiger partial charge in [0.05, 0.1) is 0 Å². The van der Waals surface area contributed by atoms with E-state index in [1.807, 2.05) is 6.92 Å². The quantitative estimate of drug-likeness (QED) is 0.869. The Balaban J connectivity index is 1.79. The van der Waals surface area contributed by atoms with Crippen molar-refractivity contribution in [3.63, 3.8) is 0 Å². The molecule has 1 unspecified atom stereocenters. The average molecular weight is 329 g/mol. The van der Waals surface area contributed by atoms with Gasteiger partial charge in [-0.1, -0.05) is 22.9 Å². The van der Waals surface area contributed by atoms with Crippen LogP contribution in [0.5, 0.6) is 0 Å². The number of carbonyl (C=O) groups is 1. The standard InChI is InChI=1S/C14H18BrFN2O/c1-9(11-7-17-8-11)14(19)18-5-4-10-6-12(15)2-3-13(10)16/h2-3,6,9,11,17H,4-5,7-8H2,1H3,(H,18,19). The molecule has 19 heavy (non-hydrogen) atoms. The van der Waals surface area contributed by atoms with Crippen LogP contribution in [-0.2, 0) is 11.2 Å². The normalized spacial score (nSPS) is 16.8.